The van der Waals surface area contributed by atoms with Crippen LogP contribution in [-0.4, -0.2) is 29.4 Å². The molecule has 3 aromatic carbocycles. The molecule has 1 N–H and O–H groups in total. The highest BCUT2D eigenvalue weighted by Gasteiger charge is 2.33. The molecule has 1 aliphatic rings. The number of ether oxygens (including phenoxy) is 1. The maximum atomic E-state index is 13.0. The SMILES string of the molecule is Cc1ccccc1NC(=O)CN1C(=O)C(C)Oc2ccc(-c3csc(-c4ccccc4)n3)cc21. The summed E-state index contributed by atoms with van der Waals surface area (Å²) in [6.07, 6.45) is -0.673. The van der Waals surface area contributed by atoms with E-state index in [0.29, 0.717) is 11.4 Å². The van der Waals surface area contributed by atoms with E-state index in [2.05, 4.69) is 5.32 Å². The molecule has 7 heteroatoms. The molecule has 0 aliphatic carbocycles. The van der Waals surface area contributed by atoms with Crippen LogP contribution in [-0.2, 0) is 9.59 Å². The van der Waals surface area contributed by atoms with Gasteiger partial charge in [-0.25, -0.2) is 4.98 Å². The summed E-state index contributed by atoms with van der Waals surface area (Å²) in [6, 6.07) is 23.2. The van der Waals surface area contributed by atoms with Crippen LogP contribution in [0.5, 0.6) is 5.75 Å². The third-order valence-corrected chi connectivity index (χ3v) is 6.60. The number of nitrogens with one attached hydrogen (secondary N) is 1. The predicted octanol–water partition coefficient (Wildman–Crippen LogP) is 5.54. The summed E-state index contributed by atoms with van der Waals surface area (Å²) in [5, 5.41) is 5.82. The number of aryl methyl sites for hydroxylation is 1. The number of nitrogens with zero attached hydrogens (tertiary/aromatic N) is 2. The molecule has 0 radical (unpaired) electrons. The fourth-order valence-electron chi connectivity index (χ4n) is 3.90. The number of hydrogen-bond acceptors (Lipinski definition) is 5. The molecule has 6 nitrogen and oxygen atoms in total. The highest BCUT2D eigenvalue weighted by atomic mass is 32.1. The van der Waals surface area contributed by atoms with Gasteiger partial charge in [-0.15, -0.1) is 11.3 Å². The Morgan fingerprint density at radius 2 is 1.82 bits per heavy atom. The Morgan fingerprint density at radius 1 is 1.06 bits per heavy atom. The highest BCUT2D eigenvalue weighted by Crippen LogP contribution is 2.38. The van der Waals surface area contributed by atoms with Gasteiger partial charge in [0.05, 0.1) is 11.4 Å². The van der Waals surface area contributed by atoms with Crippen LogP contribution in [0, 0.1) is 6.92 Å². The quantitative estimate of drug-likeness (QED) is 0.417. The molecule has 1 unspecified atom stereocenters. The predicted molar refractivity (Wildman–Crippen MR) is 135 cm³/mol. The van der Waals surface area contributed by atoms with E-state index in [-0.39, 0.29) is 18.4 Å². The third-order valence-electron chi connectivity index (χ3n) is 5.71. The smallest absolute Gasteiger partial charge is 0.268 e. The first-order chi connectivity index (χ1) is 16.5. The van der Waals surface area contributed by atoms with E-state index in [0.717, 1.165) is 33.1 Å². The van der Waals surface area contributed by atoms with E-state index in [9.17, 15) is 9.59 Å². The minimum Gasteiger partial charge on any atom is -0.479 e. The maximum absolute atomic E-state index is 13.0. The van der Waals surface area contributed by atoms with E-state index in [1.165, 1.54) is 4.90 Å². The molecule has 0 bridgehead atoms. The molecule has 5 rings (SSSR count). The molecule has 0 saturated heterocycles. The fourth-order valence-corrected chi connectivity index (χ4v) is 4.73. The second-order valence-electron chi connectivity index (χ2n) is 8.13. The van der Waals surface area contributed by atoms with E-state index >= 15 is 0 Å². The number of amides is 2. The van der Waals surface area contributed by atoms with Crippen LogP contribution in [0.1, 0.15) is 12.5 Å². The standard InChI is InChI=1S/C27H23N3O3S/c1-17-8-6-7-11-21(17)28-25(31)15-30-23-14-20(12-13-24(23)33-18(2)27(30)32)22-16-34-26(29-22)19-9-4-3-5-10-19/h3-14,16,18H,15H2,1-2H3,(H,28,31). The van der Waals surface area contributed by atoms with E-state index in [1.807, 2.05) is 85.1 Å². The van der Waals surface area contributed by atoms with Crippen LogP contribution >= 0.6 is 11.3 Å². The molecular formula is C27H23N3O3S. The number of anilines is 2. The molecule has 2 heterocycles. The first kappa shape index (κ1) is 21.9. The van der Waals surface area contributed by atoms with Crippen molar-refractivity contribution in [1.82, 2.24) is 4.98 Å². The van der Waals surface area contributed by atoms with Crippen LogP contribution in [0.4, 0.5) is 11.4 Å². The summed E-state index contributed by atoms with van der Waals surface area (Å²) in [7, 11) is 0. The minimum absolute atomic E-state index is 0.107. The van der Waals surface area contributed by atoms with Crippen molar-refractivity contribution in [1.29, 1.82) is 0 Å². The van der Waals surface area contributed by atoms with Crippen molar-refractivity contribution in [3.05, 3.63) is 83.7 Å². The Morgan fingerprint density at radius 3 is 2.62 bits per heavy atom. The highest BCUT2D eigenvalue weighted by molar-refractivity contribution is 7.13. The normalized spacial score (nSPS) is 14.9. The molecule has 1 atom stereocenters. The number of fused-ring (bicyclic) bond motifs is 1. The van der Waals surface area contributed by atoms with Crippen molar-refractivity contribution in [2.75, 3.05) is 16.8 Å². The van der Waals surface area contributed by atoms with Crippen LogP contribution in [0.3, 0.4) is 0 Å². The van der Waals surface area contributed by atoms with Crippen molar-refractivity contribution in [3.63, 3.8) is 0 Å². The van der Waals surface area contributed by atoms with Crippen LogP contribution in [0.15, 0.2) is 78.2 Å². The van der Waals surface area contributed by atoms with Gasteiger partial charge in [0, 0.05) is 22.2 Å². The van der Waals surface area contributed by atoms with Gasteiger partial charge in [0.2, 0.25) is 5.91 Å². The molecule has 0 saturated carbocycles. The number of benzene rings is 3. The average Bonchev–Trinajstić information content (AvgIpc) is 3.34. The molecule has 2 amide bonds. The van der Waals surface area contributed by atoms with Crippen molar-refractivity contribution in [2.24, 2.45) is 0 Å². The lowest BCUT2D eigenvalue weighted by Gasteiger charge is -2.33. The number of para-hydroxylation sites is 1. The fraction of sp³-hybridized carbons (Fsp3) is 0.148. The van der Waals surface area contributed by atoms with Crippen molar-refractivity contribution in [3.8, 4) is 27.6 Å². The van der Waals surface area contributed by atoms with Crippen LogP contribution in [0.2, 0.25) is 0 Å². The van der Waals surface area contributed by atoms with Gasteiger partial charge in [0.25, 0.3) is 5.91 Å². The zero-order valence-electron chi connectivity index (χ0n) is 18.8. The summed E-state index contributed by atoms with van der Waals surface area (Å²) in [6.45, 7) is 3.51. The molecule has 34 heavy (non-hydrogen) atoms. The Kier molecular flexibility index (Phi) is 5.86. The maximum Gasteiger partial charge on any atom is 0.268 e. The van der Waals surface area contributed by atoms with Crippen molar-refractivity contribution < 1.29 is 14.3 Å². The number of rotatable bonds is 5. The van der Waals surface area contributed by atoms with Gasteiger partial charge in [0.1, 0.15) is 17.3 Å². The molecule has 1 aromatic heterocycles. The summed E-state index contributed by atoms with van der Waals surface area (Å²) >= 11 is 1.56. The molecule has 4 aromatic rings. The largest absolute Gasteiger partial charge is 0.479 e. The summed E-state index contributed by atoms with van der Waals surface area (Å²) in [5.41, 5.74) is 4.96. The number of aromatic nitrogens is 1. The van der Waals surface area contributed by atoms with Crippen molar-refractivity contribution >= 4 is 34.5 Å². The summed E-state index contributed by atoms with van der Waals surface area (Å²) < 4.78 is 5.82. The van der Waals surface area contributed by atoms with Gasteiger partial charge in [-0.05, 0) is 43.7 Å². The molecule has 0 fully saturated rings. The first-order valence-corrected chi connectivity index (χ1v) is 11.9. The van der Waals surface area contributed by atoms with Crippen molar-refractivity contribution in [2.45, 2.75) is 20.0 Å². The lowest BCUT2D eigenvalue weighted by Crippen LogP contribution is -2.47. The second-order valence-corrected chi connectivity index (χ2v) is 8.99. The lowest BCUT2D eigenvalue weighted by molar-refractivity contribution is -0.127. The van der Waals surface area contributed by atoms with E-state index in [1.54, 1.807) is 18.3 Å². The summed E-state index contributed by atoms with van der Waals surface area (Å²) in [5.74, 6) is 0.0408. The third kappa shape index (κ3) is 4.30. The Hall–Kier alpha value is -3.97. The van der Waals surface area contributed by atoms with E-state index in [4.69, 9.17) is 9.72 Å². The van der Waals surface area contributed by atoms with Crippen LogP contribution < -0.4 is 15.0 Å². The van der Waals surface area contributed by atoms with Gasteiger partial charge >= 0.3 is 0 Å². The number of hydrogen-bond donors (Lipinski definition) is 1. The van der Waals surface area contributed by atoms with Gasteiger partial charge in [0.15, 0.2) is 6.10 Å². The first-order valence-electron chi connectivity index (χ1n) is 11.0. The van der Waals surface area contributed by atoms with Gasteiger partial charge in [-0.1, -0.05) is 48.5 Å². The van der Waals surface area contributed by atoms with Gasteiger partial charge in [-0.2, -0.15) is 0 Å². The number of carbonyl (C=O) groups is 2. The number of thiazole rings is 1. The minimum atomic E-state index is -0.673. The Bertz CT molecular complexity index is 1370. The average molecular weight is 470 g/mol. The Labute approximate surface area is 201 Å². The molecule has 170 valence electrons. The summed E-state index contributed by atoms with van der Waals surface area (Å²) in [4.78, 5) is 32.1. The van der Waals surface area contributed by atoms with Gasteiger partial charge < -0.3 is 10.1 Å². The molecule has 0 spiro atoms. The molecule has 1 aliphatic heterocycles. The monoisotopic (exact) mass is 469 g/mol. The zero-order valence-corrected chi connectivity index (χ0v) is 19.6. The lowest BCUT2D eigenvalue weighted by atomic mass is 10.1. The van der Waals surface area contributed by atoms with Crippen LogP contribution in [0.25, 0.3) is 21.8 Å². The zero-order chi connectivity index (χ0) is 23.7. The number of carbonyl (C=O) groups excluding carboxylic acids is 2. The Balaban J connectivity index is 1.44. The van der Waals surface area contributed by atoms with Gasteiger partial charge in [-0.3, -0.25) is 14.5 Å². The molecular weight excluding hydrogens is 446 g/mol. The second kappa shape index (κ2) is 9.11. The topological polar surface area (TPSA) is 71.5 Å². The van der Waals surface area contributed by atoms with E-state index < -0.39 is 6.10 Å².